The standard InChI is InChI=1S/C21H25N3O2/c1-15-5-8-19(13-16(15)2)23-21(26)22-18-9-6-17(7-10-18)14-20(25)24-11-3-4-12-24/h5-10,13H,3-4,11-12,14H2,1-2H3,(H2,22,23,26). The highest BCUT2D eigenvalue weighted by Crippen LogP contribution is 2.16. The topological polar surface area (TPSA) is 61.4 Å². The molecule has 1 heterocycles. The zero-order valence-corrected chi connectivity index (χ0v) is 15.3. The summed E-state index contributed by atoms with van der Waals surface area (Å²) in [5.74, 6) is 0.177. The maximum absolute atomic E-state index is 12.2. The number of nitrogens with zero attached hydrogens (tertiary/aromatic N) is 1. The Hall–Kier alpha value is -2.82. The highest BCUT2D eigenvalue weighted by molar-refractivity contribution is 5.99. The zero-order valence-electron chi connectivity index (χ0n) is 15.3. The van der Waals surface area contributed by atoms with Crippen LogP contribution in [-0.2, 0) is 11.2 Å². The fourth-order valence-corrected chi connectivity index (χ4v) is 3.07. The van der Waals surface area contributed by atoms with Gasteiger partial charge < -0.3 is 15.5 Å². The van der Waals surface area contributed by atoms with E-state index < -0.39 is 0 Å². The number of carbonyl (C=O) groups is 2. The van der Waals surface area contributed by atoms with Crippen LogP contribution < -0.4 is 10.6 Å². The number of anilines is 2. The fraction of sp³-hybridized carbons (Fsp3) is 0.333. The molecule has 1 aliphatic heterocycles. The van der Waals surface area contributed by atoms with E-state index in [-0.39, 0.29) is 11.9 Å². The van der Waals surface area contributed by atoms with Gasteiger partial charge in [0.2, 0.25) is 5.91 Å². The van der Waals surface area contributed by atoms with Gasteiger partial charge in [0, 0.05) is 24.5 Å². The summed E-state index contributed by atoms with van der Waals surface area (Å²) < 4.78 is 0. The number of benzene rings is 2. The van der Waals surface area contributed by atoms with Gasteiger partial charge in [-0.1, -0.05) is 18.2 Å². The Labute approximate surface area is 154 Å². The number of rotatable bonds is 4. The van der Waals surface area contributed by atoms with Crippen molar-refractivity contribution in [1.29, 1.82) is 0 Å². The van der Waals surface area contributed by atoms with Gasteiger partial charge in [-0.3, -0.25) is 4.79 Å². The third-order valence-corrected chi connectivity index (χ3v) is 4.79. The van der Waals surface area contributed by atoms with Crippen molar-refractivity contribution in [3.05, 3.63) is 59.2 Å². The molecule has 136 valence electrons. The lowest BCUT2D eigenvalue weighted by Gasteiger charge is -2.15. The number of urea groups is 1. The molecule has 0 unspecified atom stereocenters. The van der Waals surface area contributed by atoms with Crippen molar-refractivity contribution in [3.8, 4) is 0 Å². The first-order chi connectivity index (χ1) is 12.5. The van der Waals surface area contributed by atoms with Gasteiger partial charge in [-0.2, -0.15) is 0 Å². The van der Waals surface area contributed by atoms with Gasteiger partial charge in [0.05, 0.1) is 6.42 Å². The average Bonchev–Trinajstić information content (AvgIpc) is 3.15. The number of nitrogens with one attached hydrogen (secondary N) is 2. The molecule has 2 aromatic carbocycles. The molecule has 0 aromatic heterocycles. The molecule has 3 amide bonds. The minimum Gasteiger partial charge on any atom is -0.342 e. The monoisotopic (exact) mass is 351 g/mol. The fourth-order valence-electron chi connectivity index (χ4n) is 3.07. The van der Waals surface area contributed by atoms with Crippen molar-refractivity contribution in [1.82, 2.24) is 4.90 Å². The summed E-state index contributed by atoms with van der Waals surface area (Å²) in [5.41, 5.74) is 4.74. The van der Waals surface area contributed by atoms with Crippen molar-refractivity contribution in [3.63, 3.8) is 0 Å². The number of hydrogen-bond donors (Lipinski definition) is 2. The summed E-state index contributed by atoms with van der Waals surface area (Å²) in [7, 11) is 0. The Balaban J connectivity index is 1.53. The van der Waals surface area contributed by atoms with Crippen LogP contribution in [0.25, 0.3) is 0 Å². The summed E-state index contributed by atoms with van der Waals surface area (Å²) in [6, 6.07) is 13.0. The van der Waals surface area contributed by atoms with E-state index in [1.165, 1.54) is 5.56 Å². The van der Waals surface area contributed by atoms with Gasteiger partial charge in [0.25, 0.3) is 0 Å². The first kappa shape index (κ1) is 18.0. The van der Waals surface area contributed by atoms with Crippen LogP contribution in [0.5, 0.6) is 0 Å². The van der Waals surface area contributed by atoms with E-state index in [9.17, 15) is 9.59 Å². The minimum atomic E-state index is -0.283. The quantitative estimate of drug-likeness (QED) is 0.871. The number of amides is 3. The van der Waals surface area contributed by atoms with Crippen LogP contribution in [0.1, 0.15) is 29.5 Å². The van der Waals surface area contributed by atoms with Crippen molar-refractivity contribution >= 4 is 23.3 Å². The molecule has 1 aliphatic rings. The number of aryl methyl sites for hydroxylation is 2. The highest BCUT2D eigenvalue weighted by Gasteiger charge is 2.17. The van der Waals surface area contributed by atoms with E-state index in [4.69, 9.17) is 0 Å². The Bertz CT molecular complexity index is 793. The maximum atomic E-state index is 12.2. The summed E-state index contributed by atoms with van der Waals surface area (Å²) >= 11 is 0. The Morgan fingerprint density at radius 2 is 1.50 bits per heavy atom. The van der Waals surface area contributed by atoms with E-state index in [1.807, 2.05) is 61.2 Å². The first-order valence-corrected chi connectivity index (χ1v) is 9.03. The molecule has 0 bridgehead atoms. The zero-order chi connectivity index (χ0) is 18.5. The molecule has 0 saturated carbocycles. The SMILES string of the molecule is Cc1ccc(NC(=O)Nc2ccc(CC(=O)N3CCCC3)cc2)cc1C. The van der Waals surface area contributed by atoms with Crippen molar-refractivity contribution < 1.29 is 9.59 Å². The van der Waals surface area contributed by atoms with Crippen LogP contribution in [0.15, 0.2) is 42.5 Å². The lowest BCUT2D eigenvalue weighted by molar-refractivity contribution is -0.129. The van der Waals surface area contributed by atoms with E-state index in [0.717, 1.165) is 42.7 Å². The molecule has 5 heteroatoms. The second-order valence-corrected chi connectivity index (χ2v) is 6.84. The number of hydrogen-bond acceptors (Lipinski definition) is 2. The van der Waals surface area contributed by atoms with Crippen LogP contribution >= 0.6 is 0 Å². The van der Waals surface area contributed by atoms with Gasteiger partial charge in [-0.15, -0.1) is 0 Å². The highest BCUT2D eigenvalue weighted by atomic mass is 16.2. The maximum Gasteiger partial charge on any atom is 0.323 e. The Morgan fingerprint density at radius 3 is 2.15 bits per heavy atom. The predicted molar refractivity (Wildman–Crippen MR) is 105 cm³/mol. The molecule has 0 spiro atoms. The molecule has 2 N–H and O–H groups in total. The van der Waals surface area contributed by atoms with Crippen molar-refractivity contribution in [2.45, 2.75) is 33.1 Å². The van der Waals surface area contributed by atoms with Gasteiger partial charge in [0.15, 0.2) is 0 Å². The summed E-state index contributed by atoms with van der Waals surface area (Å²) in [5, 5.41) is 5.65. The lowest BCUT2D eigenvalue weighted by atomic mass is 10.1. The van der Waals surface area contributed by atoms with E-state index >= 15 is 0 Å². The van der Waals surface area contributed by atoms with E-state index in [2.05, 4.69) is 10.6 Å². The van der Waals surface area contributed by atoms with Gasteiger partial charge >= 0.3 is 6.03 Å². The van der Waals surface area contributed by atoms with Gasteiger partial charge in [0.1, 0.15) is 0 Å². The molecule has 0 atom stereocenters. The molecule has 0 aliphatic carbocycles. The molecular weight excluding hydrogens is 326 g/mol. The average molecular weight is 351 g/mol. The first-order valence-electron chi connectivity index (χ1n) is 9.03. The molecule has 1 saturated heterocycles. The van der Waals surface area contributed by atoms with Crippen molar-refractivity contribution in [2.24, 2.45) is 0 Å². The van der Waals surface area contributed by atoms with E-state index in [1.54, 1.807) is 0 Å². The normalized spacial score (nSPS) is 13.5. The third-order valence-electron chi connectivity index (χ3n) is 4.79. The number of carbonyl (C=O) groups excluding carboxylic acids is 2. The Kier molecular flexibility index (Phi) is 5.56. The minimum absolute atomic E-state index is 0.177. The molecule has 3 rings (SSSR count). The van der Waals surface area contributed by atoms with Crippen LogP contribution in [0.3, 0.4) is 0 Å². The van der Waals surface area contributed by atoms with Crippen LogP contribution in [-0.4, -0.2) is 29.9 Å². The summed E-state index contributed by atoms with van der Waals surface area (Å²) in [6.07, 6.45) is 2.61. The van der Waals surface area contributed by atoms with Gasteiger partial charge in [-0.25, -0.2) is 4.79 Å². The molecule has 1 fully saturated rings. The summed E-state index contributed by atoms with van der Waals surface area (Å²) in [4.78, 5) is 26.2. The molecule has 2 aromatic rings. The number of likely N-dealkylation sites (tertiary alicyclic amines) is 1. The van der Waals surface area contributed by atoms with Crippen molar-refractivity contribution in [2.75, 3.05) is 23.7 Å². The predicted octanol–water partition coefficient (Wildman–Crippen LogP) is 4.11. The second-order valence-electron chi connectivity index (χ2n) is 6.84. The van der Waals surface area contributed by atoms with Crippen LogP contribution in [0.4, 0.5) is 16.2 Å². The second kappa shape index (κ2) is 8.04. The largest absolute Gasteiger partial charge is 0.342 e. The molecule has 5 nitrogen and oxygen atoms in total. The van der Waals surface area contributed by atoms with Crippen LogP contribution in [0.2, 0.25) is 0 Å². The van der Waals surface area contributed by atoms with Crippen LogP contribution in [0, 0.1) is 13.8 Å². The molecule has 0 radical (unpaired) electrons. The Morgan fingerprint density at radius 1 is 0.885 bits per heavy atom. The molecular formula is C21H25N3O2. The lowest BCUT2D eigenvalue weighted by Crippen LogP contribution is -2.29. The van der Waals surface area contributed by atoms with Gasteiger partial charge in [-0.05, 0) is 67.6 Å². The summed E-state index contributed by atoms with van der Waals surface area (Å²) in [6.45, 7) is 5.80. The third kappa shape index (κ3) is 4.63. The molecule has 26 heavy (non-hydrogen) atoms. The smallest absolute Gasteiger partial charge is 0.323 e. The van der Waals surface area contributed by atoms with E-state index in [0.29, 0.717) is 12.1 Å².